The van der Waals surface area contributed by atoms with Crippen LogP contribution in [-0.4, -0.2) is 32.0 Å². The Morgan fingerprint density at radius 1 is 0.962 bits per heavy atom. The van der Waals surface area contributed by atoms with Crippen LogP contribution in [0.5, 0.6) is 0 Å². The first-order chi connectivity index (χ1) is 12.2. The molecule has 26 heavy (non-hydrogen) atoms. The highest BCUT2D eigenvalue weighted by atomic mass is 32.2. The maximum Gasteiger partial charge on any atom is 0.437 e. The molecule has 0 radical (unpaired) electrons. The van der Waals surface area contributed by atoms with Gasteiger partial charge in [-0.2, -0.15) is 17.9 Å². The SMILES string of the molecule is O=C1NC(c2ccccc2)=N[C@]1(NS(=O)(=O)c1ccccc1)C(F)(F)F. The van der Waals surface area contributed by atoms with Crippen molar-refractivity contribution in [1.29, 1.82) is 0 Å². The average Bonchev–Trinajstić information content (AvgIpc) is 2.94. The summed E-state index contributed by atoms with van der Waals surface area (Å²) in [5, 5.41) is 2.01. The first-order valence-corrected chi connectivity index (χ1v) is 8.76. The van der Waals surface area contributed by atoms with Gasteiger partial charge in [0, 0.05) is 5.56 Å². The first-order valence-electron chi connectivity index (χ1n) is 7.28. The van der Waals surface area contributed by atoms with E-state index >= 15 is 0 Å². The van der Waals surface area contributed by atoms with Gasteiger partial charge in [-0.25, -0.2) is 13.4 Å². The summed E-state index contributed by atoms with van der Waals surface area (Å²) in [5.74, 6) is -1.99. The third kappa shape index (κ3) is 3.08. The predicted octanol–water partition coefficient (Wildman–Crippen LogP) is 1.80. The molecule has 0 unspecified atom stereocenters. The molecule has 136 valence electrons. The number of nitrogens with one attached hydrogen (secondary N) is 2. The van der Waals surface area contributed by atoms with Gasteiger partial charge in [0.1, 0.15) is 5.84 Å². The van der Waals surface area contributed by atoms with Crippen LogP contribution in [-0.2, 0) is 14.8 Å². The standard InChI is InChI=1S/C16H12F3N3O3S/c17-16(18,19)15(22-26(24,25)12-9-5-2-6-10-12)14(23)20-13(21-15)11-7-3-1-4-8-11/h1-10,22H,(H,20,21,23)/t15-/m1/s1. The van der Waals surface area contributed by atoms with Crippen molar-refractivity contribution in [2.24, 2.45) is 4.99 Å². The van der Waals surface area contributed by atoms with Crippen molar-refractivity contribution in [3.8, 4) is 0 Å². The zero-order chi connectivity index (χ0) is 19.0. The molecule has 2 aromatic rings. The minimum atomic E-state index is -5.30. The molecule has 3 rings (SSSR count). The molecule has 2 aromatic carbocycles. The van der Waals surface area contributed by atoms with Crippen LogP contribution >= 0.6 is 0 Å². The molecule has 6 nitrogen and oxygen atoms in total. The van der Waals surface area contributed by atoms with E-state index in [0.29, 0.717) is 0 Å². The van der Waals surface area contributed by atoms with Crippen molar-refractivity contribution in [2.75, 3.05) is 0 Å². The highest BCUT2D eigenvalue weighted by Gasteiger charge is 2.66. The second-order valence-electron chi connectivity index (χ2n) is 5.41. The number of nitrogens with zero attached hydrogens (tertiary/aromatic N) is 1. The van der Waals surface area contributed by atoms with Crippen molar-refractivity contribution in [3.63, 3.8) is 0 Å². The molecular weight excluding hydrogens is 371 g/mol. The van der Waals surface area contributed by atoms with Gasteiger partial charge in [-0.15, -0.1) is 0 Å². The van der Waals surface area contributed by atoms with E-state index in [0.717, 1.165) is 12.1 Å². The highest BCUT2D eigenvalue weighted by molar-refractivity contribution is 7.89. The summed E-state index contributed by atoms with van der Waals surface area (Å²) in [6, 6.07) is 14.0. The molecule has 0 spiro atoms. The number of sulfonamides is 1. The Bertz CT molecular complexity index is 960. The van der Waals surface area contributed by atoms with Crippen LogP contribution < -0.4 is 10.0 Å². The number of benzene rings is 2. The van der Waals surface area contributed by atoms with Crippen molar-refractivity contribution in [2.45, 2.75) is 16.7 Å². The zero-order valence-electron chi connectivity index (χ0n) is 13.0. The van der Waals surface area contributed by atoms with Crippen LogP contribution in [0.3, 0.4) is 0 Å². The zero-order valence-corrected chi connectivity index (χ0v) is 13.8. The lowest BCUT2D eigenvalue weighted by atomic mass is 10.2. The van der Waals surface area contributed by atoms with E-state index in [2.05, 4.69) is 4.99 Å². The van der Waals surface area contributed by atoms with Crippen LogP contribution in [0, 0.1) is 0 Å². The van der Waals surface area contributed by atoms with E-state index in [1.54, 1.807) is 18.2 Å². The number of rotatable bonds is 4. The van der Waals surface area contributed by atoms with Crippen LogP contribution in [0.25, 0.3) is 0 Å². The van der Waals surface area contributed by atoms with Gasteiger partial charge in [-0.3, -0.25) is 4.79 Å². The van der Waals surface area contributed by atoms with E-state index in [-0.39, 0.29) is 11.4 Å². The summed E-state index contributed by atoms with van der Waals surface area (Å²) in [7, 11) is -4.66. The lowest BCUT2D eigenvalue weighted by molar-refractivity contribution is -0.190. The van der Waals surface area contributed by atoms with E-state index in [1.165, 1.54) is 35.1 Å². The molecule has 1 aliphatic rings. The maximum absolute atomic E-state index is 13.7. The molecule has 0 fully saturated rings. The van der Waals surface area contributed by atoms with E-state index in [9.17, 15) is 26.4 Å². The van der Waals surface area contributed by atoms with Gasteiger partial charge in [-0.1, -0.05) is 48.5 Å². The van der Waals surface area contributed by atoms with E-state index in [1.807, 2.05) is 5.32 Å². The lowest BCUT2D eigenvalue weighted by Gasteiger charge is -2.26. The van der Waals surface area contributed by atoms with Gasteiger partial charge in [-0.05, 0) is 12.1 Å². The Labute approximate surface area is 146 Å². The van der Waals surface area contributed by atoms with Crippen LogP contribution in [0.2, 0.25) is 0 Å². The fraction of sp³-hybridized carbons (Fsp3) is 0.125. The van der Waals surface area contributed by atoms with E-state index in [4.69, 9.17) is 0 Å². The summed E-state index contributed by atoms with van der Waals surface area (Å²) < 4.78 is 67.3. The number of aliphatic imine (C=N–C) groups is 1. The first kappa shape index (κ1) is 18.1. The fourth-order valence-corrected chi connectivity index (χ4v) is 3.63. The lowest BCUT2D eigenvalue weighted by Crippen LogP contribution is -2.62. The average molecular weight is 383 g/mol. The van der Waals surface area contributed by atoms with Gasteiger partial charge in [0.2, 0.25) is 10.0 Å². The van der Waals surface area contributed by atoms with E-state index < -0.39 is 32.7 Å². The Kier molecular flexibility index (Phi) is 4.32. The summed E-state index contributed by atoms with van der Waals surface area (Å²) in [5.41, 5.74) is -3.43. The molecule has 1 atom stereocenters. The van der Waals surface area contributed by atoms with Gasteiger partial charge < -0.3 is 5.32 Å². The monoisotopic (exact) mass is 383 g/mol. The number of halogens is 3. The number of hydrogen-bond acceptors (Lipinski definition) is 4. The second kappa shape index (κ2) is 6.22. The molecule has 0 bridgehead atoms. The third-order valence-corrected chi connectivity index (χ3v) is 5.09. The topological polar surface area (TPSA) is 87.6 Å². The normalized spacial score (nSPS) is 20.6. The summed E-state index contributed by atoms with van der Waals surface area (Å²) in [6.45, 7) is 0. The van der Waals surface area contributed by atoms with Gasteiger partial charge in [0.05, 0.1) is 4.90 Å². The Morgan fingerprint density at radius 2 is 1.50 bits per heavy atom. The molecule has 0 saturated heterocycles. The van der Waals surface area contributed by atoms with Gasteiger partial charge in [0.15, 0.2) is 0 Å². The Balaban J connectivity index is 2.09. The van der Waals surface area contributed by atoms with Crippen LogP contribution in [0.15, 0.2) is 70.6 Å². The maximum atomic E-state index is 13.7. The molecular formula is C16H12F3N3O3S. The minimum Gasteiger partial charge on any atom is -0.307 e. The Morgan fingerprint density at radius 3 is 2.04 bits per heavy atom. The molecule has 10 heteroatoms. The number of amides is 1. The molecule has 0 aliphatic carbocycles. The van der Waals surface area contributed by atoms with Gasteiger partial charge >= 0.3 is 11.8 Å². The Hall–Kier alpha value is -2.72. The molecule has 1 amide bonds. The third-order valence-electron chi connectivity index (χ3n) is 3.63. The van der Waals surface area contributed by atoms with Crippen molar-refractivity contribution in [1.82, 2.24) is 10.0 Å². The summed E-state index contributed by atoms with van der Waals surface area (Å²) in [6.07, 6.45) is -5.30. The predicted molar refractivity (Wildman–Crippen MR) is 86.7 cm³/mol. The smallest absolute Gasteiger partial charge is 0.307 e. The van der Waals surface area contributed by atoms with Crippen molar-refractivity contribution >= 4 is 21.8 Å². The van der Waals surface area contributed by atoms with Crippen LogP contribution in [0.4, 0.5) is 13.2 Å². The fourth-order valence-electron chi connectivity index (χ4n) is 2.35. The van der Waals surface area contributed by atoms with Crippen molar-refractivity contribution < 1.29 is 26.4 Å². The number of carbonyl (C=O) groups excluding carboxylic acids is 1. The highest BCUT2D eigenvalue weighted by Crippen LogP contribution is 2.36. The molecule has 0 saturated carbocycles. The summed E-state index contributed by atoms with van der Waals surface area (Å²) in [4.78, 5) is 15.1. The largest absolute Gasteiger partial charge is 0.437 e. The summed E-state index contributed by atoms with van der Waals surface area (Å²) >= 11 is 0. The van der Waals surface area contributed by atoms with Gasteiger partial charge in [0.25, 0.3) is 5.91 Å². The van der Waals surface area contributed by atoms with Crippen LogP contribution in [0.1, 0.15) is 5.56 Å². The molecule has 1 aliphatic heterocycles. The van der Waals surface area contributed by atoms with Crippen molar-refractivity contribution in [3.05, 3.63) is 66.2 Å². The number of amidine groups is 1. The number of alkyl halides is 3. The molecule has 1 heterocycles. The second-order valence-corrected chi connectivity index (χ2v) is 7.09. The number of carbonyl (C=O) groups is 1. The quantitative estimate of drug-likeness (QED) is 0.844. The molecule has 2 N–H and O–H groups in total. The number of hydrogen-bond donors (Lipinski definition) is 2. The minimum absolute atomic E-state index is 0.214. The molecule has 0 aromatic heterocycles.